The standard InChI is InChI=1S/C29H29F4NO2/c1-18-13-15-34(16-14-18)27(21-5-10-24(30)11-6-21)25-12-7-22(19(2)28(35)36)17-26(25)20-3-8-23(9-4-20)29(31,32)33/h3-12,17-19,27H,13-16H2,1-2H3,(H,35,36)/t19-,27-/m0/s1. The van der Waals surface area contributed by atoms with E-state index in [1.807, 2.05) is 6.07 Å². The Kier molecular flexibility index (Phi) is 7.50. The minimum atomic E-state index is -4.46. The number of aliphatic carboxylic acids is 1. The zero-order valence-corrected chi connectivity index (χ0v) is 20.2. The van der Waals surface area contributed by atoms with Crippen molar-refractivity contribution in [2.45, 2.75) is 44.8 Å². The average Bonchev–Trinajstić information content (AvgIpc) is 2.85. The van der Waals surface area contributed by atoms with Crippen molar-refractivity contribution in [3.63, 3.8) is 0 Å². The van der Waals surface area contributed by atoms with E-state index in [-0.39, 0.29) is 11.9 Å². The topological polar surface area (TPSA) is 40.5 Å². The summed E-state index contributed by atoms with van der Waals surface area (Å²) in [5, 5.41) is 9.57. The molecule has 0 spiro atoms. The van der Waals surface area contributed by atoms with E-state index in [4.69, 9.17) is 0 Å². The normalized spacial score (nSPS) is 17.1. The van der Waals surface area contributed by atoms with Gasteiger partial charge in [-0.3, -0.25) is 9.69 Å². The maximum absolute atomic E-state index is 13.8. The molecule has 1 N–H and O–H groups in total. The van der Waals surface area contributed by atoms with Gasteiger partial charge in [-0.25, -0.2) is 4.39 Å². The highest BCUT2D eigenvalue weighted by atomic mass is 19.4. The minimum Gasteiger partial charge on any atom is -0.481 e. The van der Waals surface area contributed by atoms with Crippen LogP contribution in [0.2, 0.25) is 0 Å². The van der Waals surface area contributed by atoms with Crippen molar-refractivity contribution in [1.82, 2.24) is 4.90 Å². The van der Waals surface area contributed by atoms with Crippen LogP contribution in [-0.4, -0.2) is 29.1 Å². The van der Waals surface area contributed by atoms with Crippen molar-refractivity contribution in [3.8, 4) is 11.1 Å². The number of benzene rings is 3. The molecule has 4 rings (SSSR count). The van der Waals surface area contributed by atoms with Gasteiger partial charge in [-0.15, -0.1) is 0 Å². The largest absolute Gasteiger partial charge is 0.481 e. The van der Waals surface area contributed by atoms with Crippen LogP contribution in [0, 0.1) is 11.7 Å². The molecular formula is C29H29F4NO2. The summed E-state index contributed by atoms with van der Waals surface area (Å²) in [6.07, 6.45) is -2.45. The maximum atomic E-state index is 13.8. The molecule has 1 fully saturated rings. The van der Waals surface area contributed by atoms with E-state index in [2.05, 4.69) is 11.8 Å². The second kappa shape index (κ2) is 10.4. The number of carbonyl (C=O) groups is 1. The summed E-state index contributed by atoms with van der Waals surface area (Å²) < 4.78 is 53.4. The molecule has 0 bridgehead atoms. The molecule has 1 aliphatic heterocycles. The van der Waals surface area contributed by atoms with Gasteiger partial charge in [-0.1, -0.05) is 43.3 Å². The molecule has 3 aromatic carbocycles. The lowest BCUT2D eigenvalue weighted by atomic mass is 9.85. The van der Waals surface area contributed by atoms with Crippen LogP contribution in [0.3, 0.4) is 0 Å². The van der Waals surface area contributed by atoms with Gasteiger partial charge in [-0.2, -0.15) is 13.2 Å². The van der Waals surface area contributed by atoms with Crippen LogP contribution in [-0.2, 0) is 11.0 Å². The van der Waals surface area contributed by atoms with Gasteiger partial charge in [0.05, 0.1) is 17.5 Å². The van der Waals surface area contributed by atoms with Crippen molar-refractivity contribution >= 4 is 5.97 Å². The summed E-state index contributed by atoms with van der Waals surface area (Å²) >= 11 is 0. The first-order chi connectivity index (χ1) is 17.0. The Labute approximate surface area is 208 Å². The van der Waals surface area contributed by atoms with Crippen LogP contribution < -0.4 is 0 Å². The fourth-order valence-corrected chi connectivity index (χ4v) is 4.83. The Morgan fingerprint density at radius 1 is 0.944 bits per heavy atom. The van der Waals surface area contributed by atoms with Gasteiger partial charge in [0, 0.05) is 0 Å². The highest BCUT2D eigenvalue weighted by molar-refractivity contribution is 5.78. The predicted molar refractivity (Wildman–Crippen MR) is 131 cm³/mol. The molecule has 3 nitrogen and oxygen atoms in total. The Bertz CT molecular complexity index is 1200. The molecule has 0 radical (unpaired) electrons. The second-order valence-electron chi connectivity index (χ2n) is 9.65. The first-order valence-electron chi connectivity index (χ1n) is 12.1. The third kappa shape index (κ3) is 5.62. The molecule has 1 aliphatic rings. The van der Waals surface area contributed by atoms with Gasteiger partial charge in [-0.05, 0) is 96.9 Å². The molecule has 0 saturated carbocycles. The maximum Gasteiger partial charge on any atom is 0.416 e. The van der Waals surface area contributed by atoms with E-state index in [1.165, 1.54) is 24.3 Å². The number of alkyl halides is 3. The molecule has 0 amide bonds. The minimum absolute atomic E-state index is 0.260. The number of hydrogen-bond acceptors (Lipinski definition) is 2. The van der Waals surface area contributed by atoms with Crippen molar-refractivity contribution in [3.05, 3.63) is 94.8 Å². The van der Waals surface area contributed by atoms with Crippen LogP contribution in [0.1, 0.15) is 60.9 Å². The van der Waals surface area contributed by atoms with Gasteiger partial charge < -0.3 is 5.11 Å². The van der Waals surface area contributed by atoms with Crippen LogP contribution in [0.25, 0.3) is 11.1 Å². The number of likely N-dealkylation sites (tertiary alicyclic amines) is 1. The number of halogens is 4. The number of nitrogens with zero attached hydrogens (tertiary/aromatic N) is 1. The Morgan fingerprint density at radius 2 is 1.53 bits per heavy atom. The lowest BCUT2D eigenvalue weighted by Gasteiger charge is -2.38. The lowest BCUT2D eigenvalue weighted by molar-refractivity contribution is -0.138. The molecule has 7 heteroatoms. The quantitative estimate of drug-likeness (QED) is 0.357. The smallest absolute Gasteiger partial charge is 0.416 e. The van der Waals surface area contributed by atoms with E-state index in [0.29, 0.717) is 22.6 Å². The Hall–Kier alpha value is -3.19. The third-order valence-corrected chi connectivity index (χ3v) is 7.13. The van der Waals surface area contributed by atoms with Crippen molar-refractivity contribution in [2.24, 2.45) is 5.92 Å². The summed E-state index contributed by atoms with van der Waals surface area (Å²) in [5.41, 5.74) is 2.77. The fraction of sp³-hybridized carbons (Fsp3) is 0.345. The number of hydrogen-bond donors (Lipinski definition) is 1. The first kappa shape index (κ1) is 25.9. The molecule has 190 valence electrons. The average molecular weight is 500 g/mol. The van der Waals surface area contributed by atoms with E-state index < -0.39 is 23.6 Å². The third-order valence-electron chi connectivity index (χ3n) is 7.13. The zero-order chi connectivity index (χ0) is 26.0. The number of piperidine rings is 1. The van der Waals surface area contributed by atoms with Gasteiger partial charge in [0.25, 0.3) is 0 Å². The monoisotopic (exact) mass is 499 g/mol. The summed E-state index contributed by atoms with van der Waals surface area (Å²) in [4.78, 5) is 14.0. The number of carboxylic acids is 1. The van der Waals surface area contributed by atoms with E-state index in [1.54, 1.807) is 31.2 Å². The van der Waals surface area contributed by atoms with Crippen molar-refractivity contribution < 1.29 is 27.5 Å². The van der Waals surface area contributed by atoms with Crippen LogP contribution in [0.15, 0.2) is 66.7 Å². The molecular weight excluding hydrogens is 470 g/mol. The van der Waals surface area contributed by atoms with Gasteiger partial charge in [0.1, 0.15) is 5.82 Å². The van der Waals surface area contributed by atoms with E-state index in [9.17, 15) is 27.5 Å². The molecule has 2 atom stereocenters. The zero-order valence-electron chi connectivity index (χ0n) is 20.2. The highest BCUT2D eigenvalue weighted by Gasteiger charge is 2.31. The number of carboxylic acid groups (broad SMARTS) is 1. The van der Waals surface area contributed by atoms with Gasteiger partial charge in [0.15, 0.2) is 0 Å². The molecule has 0 unspecified atom stereocenters. The molecule has 1 heterocycles. The summed E-state index contributed by atoms with van der Waals surface area (Å²) in [7, 11) is 0. The molecule has 0 aliphatic carbocycles. The highest BCUT2D eigenvalue weighted by Crippen LogP contribution is 2.40. The van der Waals surface area contributed by atoms with E-state index in [0.717, 1.165) is 49.2 Å². The van der Waals surface area contributed by atoms with Gasteiger partial charge >= 0.3 is 12.1 Å². The summed E-state index contributed by atoms with van der Waals surface area (Å²) in [5.74, 6) is -1.53. The Morgan fingerprint density at radius 3 is 2.08 bits per heavy atom. The van der Waals surface area contributed by atoms with Crippen molar-refractivity contribution in [1.29, 1.82) is 0 Å². The summed E-state index contributed by atoms with van der Waals surface area (Å²) in [6.45, 7) is 5.43. The fourth-order valence-electron chi connectivity index (χ4n) is 4.83. The lowest BCUT2D eigenvalue weighted by Crippen LogP contribution is -2.37. The Balaban J connectivity index is 1.88. The molecule has 1 saturated heterocycles. The van der Waals surface area contributed by atoms with E-state index >= 15 is 0 Å². The SMILES string of the molecule is CC1CCN([C@@H](c2ccc(F)cc2)c2ccc([C@H](C)C(=O)O)cc2-c2ccc(C(F)(F)F)cc2)CC1. The second-order valence-corrected chi connectivity index (χ2v) is 9.65. The molecule has 3 aromatic rings. The molecule has 0 aromatic heterocycles. The van der Waals surface area contributed by atoms with Crippen LogP contribution in [0.4, 0.5) is 17.6 Å². The van der Waals surface area contributed by atoms with Crippen LogP contribution >= 0.6 is 0 Å². The number of rotatable bonds is 6. The van der Waals surface area contributed by atoms with Crippen LogP contribution in [0.5, 0.6) is 0 Å². The van der Waals surface area contributed by atoms with Gasteiger partial charge in [0.2, 0.25) is 0 Å². The van der Waals surface area contributed by atoms with Crippen molar-refractivity contribution in [2.75, 3.05) is 13.1 Å². The summed E-state index contributed by atoms with van der Waals surface area (Å²) in [6, 6.07) is 16.4. The molecule has 36 heavy (non-hydrogen) atoms. The first-order valence-corrected chi connectivity index (χ1v) is 12.1. The predicted octanol–water partition coefficient (Wildman–Crippen LogP) is 7.52.